The zero-order valence-electron chi connectivity index (χ0n) is 13.3. The maximum Gasteiger partial charge on any atom is 0.258 e. The van der Waals surface area contributed by atoms with E-state index in [2.05, 4.69) is 15.3 Å². The van der Waals surface area contributed by atoms with Crippen molar-refractivity contribution in [3.63, 3.8) is 0 Å². The number of hydrogen-bond acceptors (Lipinski definition) is 4. The summed E-state index contributed by atoms with van der Waals surface area (Å²) in [6.07, 6.45) is 0.698. The molecule has 0 aromatic carbocycles. The summed E-state index contributed by atoms with van der Waals surface area (Å²) >= 11 is 0. The summed E-state index contributed by atoms with van der Waals surface area (Å²) in [6.45, 7) is 1.99. The van der Waals surface area contributed by atoms with Crippen molar-refractivity contribution in [2.45, 2.75) is 62.2 Å². The van der Waals surface area contributed by atoms with Crippen molar-refractivity contribution < 1.29 is 18.0 Å². The molecule has 0 unspecified atom stereocenters. The van der Waals surface area contributed by atoms with E-state index in [1.54, 1.807) is 13.0 Å². The SMILES string of the molecule is C[C@@H](Nc1cc(C23CC(F)(C2)C3)ncn1)C(=O)N1CC[C@@H]1C(F)F. The van der Waals surface area contributed by atoms with Crippen molar-refractivity contribution in [2.24, 2.45) is 0 Å². The minimum atomic E-state index is -2.52. The van der Waals surface area contributed by atoms with Crippen LogP contribution in [-0.2, 0) is 10.2 Å². The molecule has 1 aliphatic heterocycles. The molecule has 2 atom stereocenters. The van der Waals surface area contributed by atoms with Gasteiger partial charge < -0.3 is 10.2 Å². The summed E-state index contributed by atoms with van der Waals surface area (Å²) in [5.41, 5.74) is -0.406. The van der Waals surface area contributed by atoms with Gasteiger partial charge in [-0.15, -0.1) is 0 Å². The molecule has 1 N–H and O–H groups in total. The molecule has 1 amide bonds. The van der Waals surface area contributed by atoms with Gasteiger partial charge in [-0.25, -0.2) is 23.1 Å². The zero-order valence-corrected chi connectivity index (χ0v) is 13.3. The van der Waals surface area contributed by atoms with Crippen LogP contribution in [0.3, 0.4) is 0 Å². The van der Waals surface area contributed by atoms with Gasteiger partial charge in [0.1, 0.15) is 23.9 Å². The summed E-state index contributed by atoms with van der Waals surface area (Å²) < 4.78 is 39.2. The molecule has 4 fully saturated rings. The third kappa shape index (κ3) is 2.26. The van der Waals surface area contributed by atoms with Crippen molar-refractivity contribution in [2.75, 3.05) is 11.9 Å². The Bertz CT molecular complexity index is 663. The molecule has 2 heterocycles. The van der Waals surface area contributed by atoms with E-state index in [9.17, 15) is 18.0 Å². The predicted molar refractivity (Wildman–Crippen MR) is 80.6 cm³/mol. The van der Waals surface area contributed by atoms with Crippen molar-refractivity contribution in [3.8, 4) is 0 Å². The van der Waals surface area contributed by atoms with Crippen LogP contribution in [0.4, 0.5) is 19.0 Å². The maximum absolute atomic E-state index is 13.7. The van der Waals surface area contributed by atoms with E-state index in [0.29, 0.717) is 38.0 Å². The number of carbonyl (C=O) groups excluding carboxylic acids is 1. The smallest absolute Gasteiger partial charge is 0.258 e. The topological polar surface area (TPSA) is 58.1 Å². The lowest BCUT2D eigenvalue weighted by Gasteiger charge is -2.65. The maximum atomic E-state index is 13.7. The number of nitrogens with one attached hydrogen (secondary N) is 1. The molecule has 1 aromatic heterocycles. The fourth-order valence-corrected chi connectivity index (χ4v) is 4.14. The van der Waals surface area contributed by atoms with E-state index in [1.165, 1.54) is 11.2 Å². The number of anilines is 1. The Labute approximate surface area is 137 Å². The molecule has 0 radical (unpaired) electrons. The summed E-state index contributed by atoms with van der Waals surface area (Å²) in [5.74, 6) is 0.104. The number of hydrogen-bond donors (Lipinski definition) is 1. The lowest BCUT2D eigenvalue weighted by Crippen LogP contribution is -2.67. The van der Waals surface area contributed by atoms with Gasteiger partial charge in [0.15, 0.2) is 0 Å². The molecule has 5 rings (SSSR count). The number of carbonyl (C=O) groups is 1. The molecule has 5 nitrogen and oxygen atoms in total. The third-order valence-corrected chi connectivity index (χ3v) is 5.55. The fourth-order valence-electron chi connectivity index (χ4n) is 4.14. The van der Waals surface area contributed by atoms with Gasteiger partial charge in [0.2, 0.25) is 5.91 Å². The van der Waals surface area contributed by atoms with Crippen LogP contribution in [0, 0.1) is 0 Å². The Kier molecular flexibility index (Phi) is 3.30. The Morgan fingerprint density at radius 1 is 1.38 bits per heavy atom. The third-order valence-electron chi connectivity index (χ3n) is 5.55. The summed E-state index contributed by atoms with van der Waals surface area (Å²) in [5, 5.41) is 2.96. The van der Waals surface area contributed by atoms with Crippen molar-refractivity contribution in [3.05, 3.63) is 18.1 Å². The van der Waals surface area contributed by atoms with Crippen LogP contribution in [0.5, 0.6) is 0 Å². The monoisotopic (exact) mass is 340 g/mol. The first kappa shape index (κ1) is 15.7. The average molecular weight is 340 g/mol. The Hall–Kier alpha value is -1.86. The quantitative estimate of drug-likeness (QED) is 0.893. The summed E-state index contributed by atoms with van der Waals surface area (Å²) in [7, 11) is 0. The minimum absolute atomic E-state index is 0.181. The van der Waals surface area contributed by atoms with Crippen LogP contribution in [-0.4, -0.2) is 51.5 Å². The molecule has 130 valence electrons. The van der Waals surface area contributed by atoms with Crippen LogP contribution in [0.1, 0.15) is 38.3 Å². The van der Waals surface area contributed by atoms with Crippen LogP contribution in [0.15, 0.2) is 12.4 Å². The highest BCUT2D eigenvalue weighted by molar-refractivity contribution is 5.85. The highest BCUT2D eigenvalue weighted by Crippen LogP contribution is 2.69. The van der Waals surface area contributed by atoms with Crippen LogP contribution < -0.4 is 5.32 Å². The van der Waals surface area contributed by atoms with E-state index in [0.717, 1.165) is 5.69 Å². The van der Waals surface area contributed by atoms with Gasteiger partial charge in [-0.1, -0.05) is 0 Å². The highest BCUT2D eigenvalue weighted by atomic mass is 19.3. The fraction of sp³-hybridized carbons (Fsp3) is 0.688. The normalized spacial score (nSPS) is 34.9. The number of nitrogens with zero attached hydrogens (tertiary/aromatic N) is 3. The summed E-state index contributed by atoms with van der Waals surface area (Å²) in [6, 6.07) is 0.0996. The van der Waals surface area contributed by atoms with Crippen LogP contribution in [0.2, 0.25) is 0 Å². The molecule has 4 aliphatic rings. The first-order valence-electron chi connectivity index (χ1n) is 8.19. The standard InChI is InChI=1S/C16H19F3N4O/c1-9(14(24)23-3-2-10(23)13(17)18)22-12-4-11(20-8-21-12)15-5-16(19,6-15)7-15/h4,8-10,13H,2-3,5-7H2,1H3,(H,20,21,22)/t9-,10-,15?,16?/m1/s1. The van der Waals surface area contributed by atoms with Gasteiger partial charge in [0.05, 0.1) is 11.7 Å². The Morgan fingerprint density at radius 3 is 2.62 bits per heavy atom. The van der Waals surface area contributed by atoms with E-state index >= 15 is 0 Å². The van der Waals surface area contributed by atoms with E-state index in [1.807, 2.05) is 0 Å². The number of alkyl halides is 3. The Morgan fingerprint density at radius 2 is 2.08 bits per heavy atom. The molecule has 3 saturated carbocycles. The van der Waals surface area contributed by atoms with Gasteiger partial charge in [-0.2, -0.15) is 0 Å². The largest absolute Gasteiger partial charge is 0.359 e. The molecule has 2 bridgehead atoms. The van der Waals surface area contributed by atoms with Gasteiger partial charge in [-0.05, 0) is 32.6 Å². The van der Waals surface area contributed by atoms with Crippen LogP contribution >= 0.6 is 0 Å². The van der Waals surface area contributed by atoms with E-state index in [4.69, 9.17) is 0 Å². The van der Waals surface area contributed by atoms with Gasteiger partial charge in [-0.3, -0.25) is 4.79 Å². The molecular weight excluding hydrogens is 321 g/mol. The van der Waals surface area contributed by atoms with E-state index < -0.39 is 24.2 Å². The molecule has 0 spiro atoms. The number of amides is 1. The molecule has 1 saturated heterocycles. The predicted octanol–water partition coefficient (Wildman–Crippen LogP) is 2.29. The molecule has 1 aromatic rings. The number of aromatic nitrogens is 2. The lowest BCUT2D eigenvalue weighted by atomic mass is 9.41. The minimum Gasteiger partial charge on any atom is -0.359 e. The number of halogens is 3. The second-order valence-electron chi connectivity index (χ2n) is 7.34. The summed E-state index contributed by atoms with van der Waals surface area (Å²) in [4.78, 5) is 21.8. The second-order valence-corrected chi connectivity index (χ2v) is 7.34. The Balaban J connectivity index is 1.41. The van der Waals surface area contributed by atoms with Gasteiger partial charge in [0.25, 0.3) is 6.43 Å². The first-order chi connectivity index (χ1) is 11.3. The number of rotatable bonds is 5. The molecule has 24 heavy (non-hydrogen) atoms. The molecular formula is C16H19F3N4O. The lowest BCUT2D eigenvalue weighted by molar-refractivity contribution is -0.160. The average Bonchev–Trinajstić information content (AvgIpc) is 2.41. The molecule has 8 heteroatoms. The van der Waals surface area contributed by atoms with Crippen molar-refractivity contribution in [1.29, 1.82) is 0 Å². The first-order valence-corrected chi connectivity index (χ1v) is 8.19. The highest BCUT2D eigenvalue weighted by Gasteiger charge is 2.70. The van der Waals surface area contributed by atoms with Gasteiger partial charge in [0, 0.05) is 18.0 Å². The van der Waals surface area contributed by atoms with Gasteiger partial charge >= 0.3 is 0 Å². The van der Waals surface area contributed by atoms with Crippen molar-refractivity contribution >= 4 is 11.7 Å². The van der Waals surface area contributed by atoms with E-state index in [-0.39, 0.29) is 11.3 Å². The van der Waals surface area contributed by atoms with Crippen LogP contribution in [0.25, 0.3) is 0 Å². The van der Waals surface area contributed by atoms with Crippen molar-refractivity contribution in [1.82, 2.24) is 14.9 Å². The zero-order chi connectivity index (χ0) is 17.1. The molecule has 3 aliphatic carbocycles. The number of likely N-dealkylation sites (tertiary alicyclic amines) is 1. The second kappa shape index (κ2) is 5.07.